The molecule has 0 rings (SSSR count). The van der Waals surface area contributed by atoms with Gasteiger partial charge in [-0.15, -0.1) is 0 Å². The Morgan fingerprint density at radius 2 is 2.12 bits per heavy atom. The predicted octanol–water partition coefficient (Wildman–Crippen LogP) is 2.39. The number of hydrazine groups is 1. The Balaban J connectivity index is 4.76. The number of ether oxygens (including phenoxy) is 1. The zero-order chi connectivity index (χ0) is 18.5. The smallest absolute Gasteiger partial charge is 0.422 e. The van der Waals surface area contributed by atoms with E-state index in [1.807, 2.05) is 32.9 Å². The first kappa shape index (κ1) is 22.4. The summed E-state index contributed by atoms with van der Waals surface area (Å²) in [7, 11) is 1.78. The molecule has 1 amide bonds. The molecule has 0 bridgehead atoms. The molecule has 0 spiro atoms. The number of nitrogens with zero attached hydrogens (tertiary/aromatic N) is 1. The SMILES string of the molecule is C=CC(=C)CC(NC)C(O)CN(C/C=C/C)NC(=O)OC(C)CC. The van der Waals surface area contributed by atoms with Gasteiger partial charge >= 0.3 is 6.09 Å². The lowest BCUT2D eigenvalue weighted by Gasteiger charge is -2.29. The van der Waals surface area contributed by atoms with Crippen LogP contribution in [-0.2, 0) is 4.74 Å². The van der Waals surface area contributed by atoms with Crippen LogP contribution in [0.4, 0.5) is 4.79 Å². The summed E-state index contributed by atoms with van der Waals surface area (Å²) in [5.41, 5.74) is 3.53. The fourth-order valence-corrected chi connectivity index (χ4v) is 1.97. The van der Waals surface area contributed by atoms with Crippen LogP contribution in [0, 0.1) is 0 Å². The minimum Gasteiger partial charge on any atom is -0.446 e. The molecule has 6 heteroatoms. The van der Waals surface area contributed by atoms with Crippen molar-refractivity contribution < 1.29 is 14.6 Å². The number of aliphatic hydroxyl groups excluding tert-OH is 1. The van der Waals surface area contributed by atoms with Crippen molar-refractivity contribution in [2.45, 2.75) is 51.9 Å². The monoisotopic (exact) mass is 339 g/mol. The molecule has 0 aliphatic rings. The number of rotatable bonds is 12. The van der Waals surface area contributed by atoms with Crippen molar-refractivity contribution in [3.05, 3.63) is 37.0 Å². The van der Waals surface area contributed by atoms with Crippen LogP contribution in [0.1, 0.15) is 33.6 Å². The Morgan fingerprint density at radius 3 is 2.62 bits per heavy atom. The zero-order valence-electron chi connectivity index (χ0n) is 15.4. The largest absolute Gasteiger partial charge is 0.446 e. The summed E-state index contributed by atoms with van der Waals surface area (Å²) < 4.78 is 5.22. The van der Waals surface area contributed by atoms with Gasteiger partial charge in [-0.3, -0.25) is 5.43 Å². The Bertz CT molecular complexity index is 424. The standard InChI is InChI=1S/C18H33N3O3/c1-7-10-11-21(20-18(23)24-15(5)9-3)13-17(22)16(19-6)12-14(4)8-2/h7-8,10,15-17,19,22H,2,4,9,11-13H2,1,3,5-6H3,(H,20,23)/b10-7+. The highest BCUT2D eigenvalue weighted by Crippen LogP contribution is 2.09. The highest BCUT2D eigenvalue weighted by Gasteiger charge is 2.22. The van der Waals surface area contributed by atoms with Crippen molar-refractivity contribution in [2.75, 3.05) is 20.1 Å². The first-order valence-electron chi connectivity index (χ1n) is 8.36. The summed E-state index contributed by atoms with van der Waals surface area (Å²) in [6, 6.07) is -0.184. The van der Waals surface area contributed by atoms with Crippen LogP contribution < -0.4 is 10.7 Å². The summed E-state index contributed by atoms with van der Waals surface area (Å²) in [6.07, 6.45) is 5.42. The third-order valence-corrected chi connectivity index (χ3v) is 3.71. The number of aliphatic hydroxyl groups is 1. The minimum atomic E-state index is -0.694. The quantitative estimate of drug-likeness (QED) is 0.289. The van der Waals surface area contributed by atoms with Gasteiger partial charge < -0.3 is 15.2 Å². The Morgan fingerprint density at radius 1 is 1.46 bits per heavy atom. The van der Waals surface area contributed by atoms with Crippen molar-refractivity contribution in [3.8, 4) is 0 Å². The summed E-state index contributed by atoms with van der Waals surface area (Å²) in [6.45, 7) is 14.0. The van der Waals surface area contributed by atoms with E-state index in [-0.39, 0.29) is 18.7 Å². The van der Waals surface area contributed by atoms with E-state index < -0.39 is 12.2 Å². The van der Waals surface area contributed by atoms with Gasteiger partial charge in [0.1, 0.15) is 6.10 Å². The Kier molecular flexibility index (Phi) is 11.9. The van der Waals surface area contributed by atoms with Gasteiger partial charge in [0.2, 0.25) is 0 Å². The van der Waals surface area contributed by atoms with Crippen molar-refractivity contribution in [1.82, 2.24) is 15.8 Å². The number of hydrogen-bond donors (Lipinski definition) is 3. The fraction of sp³-hybridized carbons (Fsp3) is 0.611. The van der Waals surface area contributed by atoms with Gasteiger partial charge in [-0.2, -0.15) is 0 Å². The maximum Gasteiger partial charge on any atom is 0.422 e. The van der Waals surface area contributed by atoms with Crippen LogP contribution in [0.25, 0.3) is 0 Å². The molecular weight excluding hydrogens is 306 g/mol. The topological polar surface area (TPSA) is 73.8 Å². The minimum absolute atomic E-state index is 0.153. The van der Waals surface area contributed by atoms with Crippen LogP contribution in [0.15, 0.2) is 37.0 Å². The number of hydrogen-bond acceptors (Lipinski definition) is 5. The summed E-state index contributed by atoms with van der Waals surface area (Å²) in [5.74, 6) is 0. The second-order valence-electron chi connectivity index (χ2n) is 5.74. The van der Waals surface area contributed by atoms with E-state index in [2.05, 4.69) is 23.9 Å². The lowest BCUT2D eigenvalue weighted by molar-refractivity contribution is 0.0451. The molecule has 0 aromatic carbocycles. The van der Waals surface area contributed by atoms with Crippen molar-refractivity contribution in [2.24, 2.45) is 0 Å². The predicted molar refractivity (Wildman–Crippen MR) is 98.6 cm³/mol. The van der Waals surface area contributed by atoms with E-state index in [9.17, 15) is 9.90 Å². The zero-order valence-corrected chi connectivity index (χ0v) is 15.4. The van der Waals surface area contributed by atoms with Crippen LogP contribution in [0.3, 0.4) is 0 Å². The second kappa shape index (κ2) is 12.8. The van der Waals surface area contributed by atoms with Crippen LogP contribution in [0.2, 0.25) is 0 Å². The number of amides is 1. The van der Waals surface area contributed by atoms with Crippen LogP contribution >= 0.6 is 0 Å². The van der Waals surface area contributed by atoms with E-state index in [1.165, 1.54) is 0 Å². The second-order valence-corrected chi connectivity index (χ2v) is 5.74. The molecule has 0 aromatic rings. The number of carbonyl (C=O) groups is 1. The third kappa shape index (κ3) is 9.50. The molecule has 6 nitrogen and oxygen atoms in total. The Hall–Kier alpha value is -1.63. The van der Waals surface area contributed by atoms with E-state index in [4.69, 9.17) is 4.74 Å². The molecular formula is C18H33N3O3. The average molecular weight is 339 g/mol. The van der Waals surface area contributed by atoms with Gasteiger partial charge in [0.15, 0.2) is 0 Å². The summed E-state index contributed by atoms with van der Waals surface area (Å²) >= 11 is 0. The molecule has 0 fully saturated rings. The molecule has 0 aromatic heterocycles. The van der Waals surface area contributed by atoms with E-state index in [0.29, 0.717) is 13.0 Å². The van der Waals surface area contributed by atoms with Crippen LogP contribution in [-0.4, -0.2) is 54.6 Å². The third-order valence-electron chi connectivity index (χ3n) is 3.71. The van der Waals surface area contributed by atoms with E-state index in [0.717, 1.165) is 12.0 Å². The fourth-order valence-electron chi connectivity index (χ4n) is 1.97. The molecule has 0 heterocycles. The van der Waals surface area contributed by atoms with E-state index >= 15 is 0 Å². The maximum atomic E-state index is 11.9. The summed E-state index contributed by atoms with van der Waals surface area (Å²) in [5, 5.41) is 15.2. The molecule has 0 saturated heterocycles. The van der Waals surface area contributed by atoms with Gasteiger partial charge in [-0.05, 0) is 33.7 Å². The molecule has 0 radical (unpaired) electrons. The molecule has 3 atom stereocenters. The number of carbonyl (C=O) groups excluding carboxylic acids is 1. The first-order chi connectivity index (χ1) is 11.4. The average Bonchev–Trinajstić information content (AvgIpc) is 2.56. The van der Waals surface area contributed by atoms with Gasteiger partial charge in [-0.25, -0.2) is 9.80 Å². The molecule has 0 saturated carbocycles. The highest BCUT2D eigenvalue weighted by molar-refractivity contribution is 5.66. The lowest BCUT2D eigenvalue weighted by atomic mass is 10.0. The highest BCUT2D eigenvalue weighted by atomic mass is 16.6. The van der Waals surface area contributed by atoms with Crippen molar-refractivity contribution >= 4 is 6.09 Å². The molecule has 3 unspecified atom stereocenters. The number of likely N-dealkylation sites (N-methyl/N-ethyl adjacent to an activating group) is 1. The van der Waals surface area contributed by atoms with Crippen molar-refractivity contribution in [1.29, 1.82) is 0 Å². The normalized spacial score (nSPS) is 15.1. The van der Waals surface area contributed by atoms with Gasteiger partial charge in [0.05, 0.1) is 6.10 Å². The first-order valence-corrected chi connectivity index (χ1v) is 8.36. The maximum absolute atomic E-state index is 11.9. The molecule has 0 aliphatic heterocycles. The summed E-state index contributed by atoms with van der Waals surface area (Å²) in [4.78, 5) is 11.9. The molecule has 3 N–H and O–H groups in total. The Labute approximate surface area is 146 Å². The molecule has 24 heavy (non-hydrogen) atoms. The lowest BCUT2D eigenvalue weighted by Crippen LogP contribution is -2.51. The van der Waals surface area contributed by atoms with Gasteiger partial charge in [0.25, 0.3) is 0 Å². The van der Waals surface area contributed by atoms with Crippen molar-refractivity contribution in [3.63, 3.8) is 0 Å². The molecule has 138 valence electrons. The van der Waals surface area contributed by atoms with Gasteiger partial charge in [-0.1, -0.05) is 43.9 Å². The molecule has 0 aliphatic carbocycles. The van der Waals surface area contributed by atoms with Crippen LogP contribution in [0.5, 0.6) is 0 Å². The number of nitrogens with one attached hydrogen (secondary N) is 2. The van der Waals surface area contributed by atoms with Gasteiger partial charge in [0, 0.05) is 19.1 Å². The number of allylic oxidation sites excluding steroid dienone is 2. The van der Waals surface area contributed by atoms with E-state index in [1.54, 1.807) is 18.1 Å².